The zero-order chi connectivity index (χ0) is 12.8. The van der Waals surface area contributed by atoms with Crippen molar-refractivity contribution in [3.8, 4) is 0 Å². The Morgan fingerprint density at radius 2 is 2.00 bits per heavy atom. The van der Waals surface area contributed by atoms with E-state index >= 15 is 0 Å². The van der Waals surface area contributed by atoms with Gasteiger partial charge in [-0.1, -0.05) is 13.8 Å². The van der Waals surface area contributed by atoms with Crippen LogP contribution in [0.15, 0.2) is 12.1 Å². The van der Waals surface area contributed by atoms with E-state index in [4.69, 9.17) is 0 Å². The van der Waals surface area contributed by atoms with Gasteiger partial charge in [-0.3, -0.25) is 4.79 Å². The molecule has 0 aliphatic rings. The molecular formula is C13H21N3O. The van der Waals surface area contributed by atoms with E-state index in [1.165, 1.54) is 0 Å². The summed E-state index contributed by atoms with van der Waals surface area (Å²) in [5.41, 5.74) is 2.42. The van der Waals surface area contributed by atoms with Gasteiger partial charge >= 0.3 is 0 Å². The van der Waals surface area contributed by atoms with Crippen molar-refractivity contribution in [2.75, 3.05) is 13.1 Å². The molecule has 0 spiro atoms. The van der Waals surface area contributed by atoms with Gasteiger partial charge in [0.25, 0.3) is 5.91 Å². The molecule has 94 valence electrons. The van der Waals surface area contributed by atoms with E-state index in [0.29, 0.717) is 18.3 Å². The lowest BCUT2D eigenvalue weighted by molar-refractivity contribution is 0.0948. The first kappa shape index (κ1) is 13.6. The van der Waals surface area contributed by atoms with Crippen LogP contribution in [0.5, 0.6) is 0 Å². The van der Waals surface area contributed by atoms with Crippen molar-refractivity contribution in [1.29, 1.82) is 0 Å². The average molecular weight is 235 g/mol. The maximum atomic E-state index is 11.8. The molecule has 0 atom stereocenters. The normalized spacial score (nSPS) is 10.6. The average Bonchev–Trinajstić information content (AvgIpc) is 2.22. The van der Waals surface area contributed by atoms with Crippen LogP contribution in [0.3, 0.4) is 0 Å². The Morgan fingerprint density at radius 3 is 2.59 bits per heavy atom. The summed E-state index contributed by atoms with van der Waals surface area (Å²) in [5.74, 6) is -0.109. The summed E-state index contributed by atoms with van der Waals surface area (Å²) in [6.45, 7) is 9.40. The van der Waals surface area contributed by atoms with Crippen LogP contribution >= 0.6 is 0 Å². The molecule has 1 aromatic heterocycles. The maximum absolute atomic E-state index is 11.8. The molecule has 1 rings (SSSR count). The van der Waals surface area contributed by atoms with E-state index in [2.05, 4.69) is 29.5 Å². The minimum absolute atomic E-state index is 0.109. The smallest absolute Gasteiger partial charge is 0.269 e. The standard InChI is InChI=1S/C13H21N3O/c1-9(2)14-5-6-15-13(17)12-8-10(3)7-11(4)16-12/h7-9,14H,5-6H2,1-4H3,(H,15,17). The fourth-order valence-corrected chi connectivity index (χ4v) is 1.59. The molecule has 2 N–H and O–H groups in total. The lowest BCUT2D eigenvalue weighted by atomic mass is 10.2. The number of nitrogens with zero attached hydrogens (tertiary/aromatic N) is 1. The highest BCUT2D eigenvalue weighted by atomic mass is 16.1. The monoisotopic (exact) mass is 235 g/mol. The molecule has 0 unspecified atom stereocenters. The summed E-state index contributed by atoms with van der Waals surface area (Å²) in [4.78, 5) is 16.0. The Morgan fingerprint density at radius 1 is 1.29 bits per heavy atom. The number of nitrogens with one attached hydrogen (secondary N) is 2. The molecule has 0 bridgehead atoms. The Labute approximate surface area is 103 Å². The molecule has 0 aliphatic heterocycles. The lowest BCUT2D eigenvalue weighted by Crippen LogP contribution is -2.35. The molecule has 17 heavy (non-hydrogen) atoms. The largest absolute Gasteiger partial charge is 0.349 e. The number of aromatic nitrogens is 1. The third-order valence-corrected chi connectivity index (χ3v) is 2.29. The van der Waals surface area contributed by atoms with E-state index in [-0.39, 0.29) is 5.91 Å². The highest BCUT2D eigenvalue weighted by molar-refractivity contribution is 5.92. The SMILES string of the molecule is Cc1cc(C)nc(C(=O)NCCNC(C)C)c1. The number of pyridine rings is 1. The number of aryl methyl sites for hydroxylation is 2. The van der Waals surface area contributed by atoms with Gasteiger partial charge in [0.15, 0.2) is 0 Å². The minimum atomic E-state index is -0.109. The van der Waals surface area contributed by atoms with Crippen LogP contribution in [0.25, 0.3) is 0 Å². The second-order valence-corrected chi connectivity index (χ2v) is 4.54. The fraction of sp³-hybridized carbons (Fsp3) is 0.538. The number of hydrogen-bond donors (Lipinski definition) is 2. The van der Waals surface area contributed by atoms with Gasteiger partial charge in [0, 0.05) is 24.8 Å². The van der Waals surface area contributed by atoms with Gasteiger partial charge in [0.2, 0.25) is 0 Å². The van der Waals surface area contributed by atoms with E-state index in [1.54, 1.807) is 6.07 Å². The summed E-state index contributed by atoms with van der Waals surface area (Å²) >= 11 is 0. The Bertz CT molecular complexity index is 368. The highest BCUT2D eigenvalue weighted by Crippen LogP contribution is 2.03. The maximum Gasteiger partial charge on any atom is 0.269 e. The molecule has 1 amide bonds. The predicted octanol–water partition coefficient (Wildman–Crippen LogP) is 1.43. The second-order valence-electron chi connectivity index (χ2n) is 4.54. The Hall–Kier alpha value is -1.42. The fourth-order valence-electron chi connectivity index (χ4n) is 1.59. The number of rotatable bonds is 5. The molecule has 1 heterocycles. The van der Waals surface area contributed by atoms with Crippen LogP contribution in [0, 0.1) is 13.8 Å². The van der Waals surface area contributed by atoms with Gasteiger partial charge < -0.3 is 10.6 Å². The van der Waals surface area contributed by atoms with Gasteiger partial charge in [0.1, 0.15) is 5.69 Å². The minimum Gasteiger partial charge on any atom is -0.349 e. The van der Waals surface area contributed by atoms with Crippen molar-refractivity contribution in [3.05, 3.63) is 29.1 Å². The zero-order valence-corrected chi connectivity index (χ0v) is 11.0. The quantitative estimate of drug-likeness (QED) is 0.759. The third kappa shape index (κ3) is 4.95. The van der Waals surface area contributed by atoms with Crippen molar-refractivity contribution in [1.82, 2.24) is 15.6 Å². The first-order valence-electron chi connectivity index (χ1n) is 5.96. The van der Waals surface area contributed by atoms with E-state index < -0.39 is 0 Å². The first-order chi connectivity index (χ1) is 7.99. The predicted molar refractivity (Wildman–Crippen MR) is 69.2 cm³/mol. The van der Waals surface area contributed by atoms with Gasteiger partial charge in [-0.25, -0.2) is 4.98 Å². The molecular weight excluding hydrogens is 214 g/mol. The van der Waals surface area contributed by atoms with Gasteiger partial charge in [0.05, 0.1) is 0 Å². The highest BCUT2D eigenvalue weighted by Gasteiger charge is 2.07. The van der Waals surface area contributed by atoms with Crippen molar-refractivity contribution >= 4 is 5.91 Å². The molecule has 4 nitrogen and oxygen atoms in total. The van der Waals surface area contributed by atoms with E-state index in [9.17, 15) is 4.79 Å². The molecule has 0 aromatic carbocycles. The van der Waals surface area contributed by atoms with E-state index in [0.717, 1.165) is 17.8 Å². The number of carbonyl (C=O) groups excluding carboxylic acids is 1. The summed E-state index contributed by atoms with van der Waals surface area (Å²) in [5, 5.41) is 6.08. The topological polar surface area (TPSA) is 54.0 Å². The number of hydrogen-bond acceptors (Lipinski definition) is 3. The summed E-state index contributed by atoms with van der Waals surface area (Å²) in [6, 6.07) is 4.20. The summed E-state index contributed by atoms with van der Waals surface area (Å²) in [7, 11) is 0. The number of carbonyl (C=O) groups is 1. The van der Waals surface area contributed by atoms with Crippen LogP contribution in [0.2, 0.25) is 0 Å². The summed E-state index contributed by atoms with van der Waals surface area (Å²) in [6.07, 6.45) is 0. The van der Waals surface area contributed by atoms with E-state index in [1.807, 2.05) is 19.9 Å². The van der Waals surface area contributed by atoms with Crippen molar-refractivity contribution in [2.24, 2.45) is 0 Å². The van der Waals surface area contributed by atoms with Gasteiger partial charge in [-0.15, -0.1) is 0 Å². The molecule has 0 aliphatic carbocycles. The van der Waals surface area contributed by atoms with Crippen molar-refractivity contribution < 1.29 is 4.79 Å². The van der Waals surface area contributed by atoms with Crippen LogP contribution in [0.1, 0.15) is 35.6 Å². The van der Waals surface area contributed by atoms with Gasteiger partial charge in [-0.05, 0) is 31.5 Å². The molecule has 0 fully saturated rings. The Kier molecular flexibility index (Phi) is 5.10. The Balaban J connectivity index is 2.47. The van der Waals surface area contributed by atoms with Gasteiger partial charge in [-0.2, -0.15) is 0 Å². The second kappa shape index (κ2) is 6.35. The van der Waals surface area contributed by atoms with Crippen molar-refractivity contribution in [3.63, 3.8) is 0 Å². The molecule has 4 heteroatoms. The first-order valence-corrected chi connectivity index (χ1v) is 5.96. The zero-order valence-electron chi connectivity index (χ0n) is 11.0. The summed E-state index contributed by atoms with van der Waals surface area (Å²) < 4.78 is 0. The van der Waals surface area contributed by atoms with Crippen LogP contribution in [-0.4, -0.2) is 30.0 Å². The van der Waals surface area contributed by atoms with Crippen LogP contribution < -0.4 is 10.6 Å². The molecule has 0 radical (unpaired) electrons. The molecule has 0 saturated heterocycles. The lowest BCUT2D eigenvalue weighted by Gasteiger charge is -2.09. The van der Waals surface area contributed by atoms with Crippen molar-refractivity contribution in [2.45, 2.75) is 33.7 Å². The molecule has 0 saturated carbocycles. The number of amides is 1. The van der Waals surface area contributed by atoms with Crippen LogP contribution in [0.4, 0.5) is 0 Å². The van der Waals surface area contributed by atoms with Crippen LogP contribution in [-0.2, 0) is 0 Å². The molecule has 1 aromatic rings. The third-order valence-electron chi connectivity index (χ3n) is 2.29.